The molecule has 6 nitrogen and oxygen atoms in total. The van der Waals surface area contributed by atoms with E-state index in [4.69, 9.17) is 14.2 Å². The molecule has 0 rings (SSSR count). The number of ether oxygens (including phenoxy) is 3. The minimum absolute atomic E-state index is 0.0623. The van der Waals surface area contributed by atoms with Crippen LogP contribution in [0.3, 0.4) is 0 Å². The number of hydrogen-bond donors (Lipinski definition) is 0. The van der Waals surface area contributed by atoms with Crippen LogP contribution in [0, 0.1) is 11.8 Å². The Morgan fingerprint density at radius 3 is 0.838 bits per heavy atom. The highest BCUT2D eigenvalue weighted by molar-refractivity contribution is 5.71. The quantitative estimate of drug-likeness (QED) is 0.0343. The standard InChI is InChI=1S/C62H120O6/c1-6-8-9-10-11-12-13-14-19-24-27-34-39-44-49-54-62(65)68-59(56-67-61(64)53-48-43-38-33-29-28-30-35-40-45-50-57(3)4)55-66-60(63)52-47-42-37-32-26-23-21-18-16-15-17-20-22-25-31-36-41-46-51-58(5)7-2/h57-59H,6-56H2,1-5H3/t58?,59-/m0/s1. The maximum absolute atomic E-state index is 12.9. The molecule has 0 heterocycles. The summed E-state index contributed by atoms with van der Waals surface area (Å²) >= 11 is 0. The van der Waals surface area contributed by atoms with Crippen LogP contribution >= 0.6 is 0 Å². The predicted molar refractivity (Wildman–Crippen MR) is 293 cm³/mol. The normalized spacial score (nSPS) is 12.4. The summed E-state index contributed by atoms with van der Waals surface area (Å²) in [5.41, 5.74) is 0. The minimum atomic E-state index is -0.763. The molecule has 0 radical (unpaired) electrons. The number of carbonyl (C=O) groups is 3. The number of carbonyl (C=O) groups excluding carboxylic acids is 3. The van der Waals surface area contributed by atoms with Gasteiger partial charge >= 0.3 is 17.9 Å². The predicted octanol–water partition coefficient (Wildman–Crippen LogP) is 20.4. The zero-order valence-electron chi connectivity index (χ0n) is 46.7. The molecule has 0 aromatic heterocycles. The van der Waals surface area contributed by atoms with Gasteiger partial charge in [0.15, 0.2) is 6.10 Å². The van der Waals surface area contributed by atoms with Crippen molar-refractivity contribution in [3.05, 3.63) is 0 Å². The fraction of sp³-hybridized carbons (Fsp3) is 0.952. The Bertz CT molecular complexity index is 1040. The van der Waals surface area contributed by atoms with Gasteiger partial charge in [0, 0.05) is 19.3 Å². The summed E-state index contributed by atoms with van der Waals surface area (Å²) in [6.45, 7) is 11.5. The van der Waals surface area contributed by atoms with Gasteiger partial charge in [-0.1, -0.05) is 311 Å². The molecule has 0 N–H and O–H groups in total. The lowest BCUT2D eigenvalue weighted by Crippen LogP contribution is -2.30. The number of unbranched alkanes of at least 4 members (excludes halogenated alkanes) is 40. The molecule has 0 saturated carbocycles. The molecule has 0 aliphatic carbocycles. The maximum atomic E-state index is 12.9. The molecule has 0 aliphatic heterocycles. The maximum Gasteiger partial charge on any atom is 0.306 e. The SMILES string of the molecule is CCCCCCCCCCCCCCCCCC(=O)O[C@@H](COC(=O)CCCCCCCCCCCCCCCCCCCCC(C)CC)COC(=O)CCCCCCCCCCCCC(C)C. The second-order valence-electron chi connectivity index (χ2n) is 22.1. The van der Waals surface area contributed by atoms with E-state index in [2.05, 4.69) is 34.6 Å². The molecule has 0 aromatic rings. The second-order valence-corrected chi connectivity index (χ2v) is 22.1. The third kappa shape index (κ3) is 53.8. The fourth-order valence-corrected chi connectivity index (χ4v) is 9.55. The van der Waals surface area contributed by atoms with E-state index >= 15 is 0 Å². The average molecular weight is 962 g/mol. The zero-order valence-corrected chi connectivity index (χ0v) is 46.7. The first-order chi connectivity index (χ1) is 33.3. The van der Waals surface area contributed by atoms with Crippen LogP contribution in [-0.2, 0) is 28.6 Å². The molecule has 0 fully saturated rings. The van der Waals surface area contributed by atoms with E-state index in [-0.39, 0.29) is 31.1 Å². The van der Waals surface area contributed by atoms with Gasteiger partial charge in [-0.3, -0.25) is 14.4 Å². The zero-order chi connectivity index (χ0) is 49.6. The van der Waals surface area contributed by atoms with Crippen LogP contribution in [0.15, 0.2) is 0 Å². The summed E-state index contributed by atoms with van der Waals surface area (Å²) in [6.07, 6.45) is 59.5. The molecule has 0 amide bonds. The van der Waals surface area contributed by atoms with E-state index in [0.717, 1.165) is 69.6 Å². The number of hydrogen-bond acceptors (Lipinski definition) is 6. The Kier molecular flexibility index (Phi) is 53.5. The van der Waals surface area contributed by atoms with Gasteiger partial charge in [0.25, 0.3) is 0 Å². The Labute approximate surface area is 425 Å². The lowest BCUT2D eigenvalue weighted by atomic mass is 9.99. The molecule has 68 heavy (non-hydrogen) atoms. The summed E-state index contributed by atoms with van der Waals surface area (Å²) in [5, 5.41) is 0. The van der Waals surface area contributed by atoms with Gasteiger partial charge in [0.05, 0.1) is 0 Å². The van der Waals surface area contributed by atoms with Crippen molar-refractivity contribution in [2.75, 3.05) is 13.2 Å². The van der Waals surface area contributed by atoms with Crippen LogP contribution in [0.5, 0.6) is 0 Å². The van der Waals surface area contributed by atoms with Gasteiger partial charge in [0.2, 0.25) is 0 Å². The molecule has 404 valence electrons. The molecular formula is C62H120O6. The van der Waals surface area contributed by atoms with E-state index in [0.29, 0.717) is 19.3 Å². The van der Waals surface area contributed by atoms with Gasteiger partial charge in [-0.05, 0) is 31.1 Å². The van der Waals surface area contributed by atoms with Crippen molar-refractivity contribution in [3.63, 3.8) is 0 Å². The van der Waals surface area contributed by atoms with Crippen LogP contribution in [0.25, 0.3) is 0 Å². The Balaban J connectivity index is 4.23. The van der Waals surface area contributed by atoms with Crippen molar-refractivity contribution in [3.8, 4) is 0 Å². The summed E-state index contributed by atoms with van der Waals surface area (Å²) in [5.74, 6) is 0.893. The topological polar surface area (TPSA) is 78.9 Å². The van der Waals surface area contributed by atoms with Crippen LogP contribution < -0.4 is 0 Å². The summed E-state index contributed by atoms with van der Waals surface area (Å²) in [7, 11) is 0. The van der Waals surface area contributed by atoms with Gasteiger partial charge in [-0.2, -0.15) is 0 Å². The monoisotopic (exact) mass is 961 g/mol. The van der Waals surface area contributed by atoms with E-state index in [9.17, 15) is 14.4 Å². The molecule has 0 aliphatic rings. The van der Waals surface area contributed by atoms with Crippen molar-refractivity contribution in [2.45, 2.75) is 355 Å². The Morgan fingerprint density at radius 2 is 0.559 bits per heavy atom. The highest BCUT2D eigenvalue weighted by atomic mass is 16.6. The lowest BCUT2D eigenvalue weighted by molar-refractivity contribution is -0.167. The third-order valence-corrected chi connectivity index (χ3v) is 14.6. The molecule has 0 bridgehead atoms. The van der Waals surface area contributed by atoms with Crippen molar-refractivity contribution >= 4 is 17.9 Å². The van der Waals surface area contributed by atoms with E-state index in [1.807, 2.05) is 0 Å². The van der Waals surface area contributed by atoms with Gasteiger partial charge < -0.3 is 14.2 Å². The average Bonchev–Trinajstić information content (AvgIpc) is 3.32. The van der Waals surface area contributed by atoms with Crippen LogP contribution in [0.4, 0.5) is 0 Å². The first kappa shape index (κ1) is 66.4. The van der Waals surface area contributed by atoms with Crippen molar-refractivity contribution < 1.29 is 28.6 Å². The van der Waals surface area contributed by atoms with Crippen molar-refractivity contribution in [2.24, 2.45) is 11.8 Å². The molecule has 0 spiro atoms. The van der Waals surface area contributed by atoms with Gasteiger partial charge in [-0.15, -0.1) is 0 Å². The van der Waals surface area contributed by atoms with Crippen molar-refractivity contribution in [1.29, 1.82) is 0 Å². The first-order valence-electron chi connectivity index (χ1n) is 30.8. The Morgan fingerprint density at radius 1 is 0.309 bits per heavy atom. The minimum Gasteiger partial charge on any atom is -0.462 e. The van der Waals surface area contributed by atoms with E-state index in [1.54, 1.807) is 0 Å². The van der Waals surface area contributed by atoms with Gasteiger partial charge in [0.1, 0.15) is 13.2 Å². The third-order valence-electron chi connectivity index (χ3n) is 14.6. The molecule has 1 unspecified atom stereocenters. The number of rotatable bonds is 56. The highest BCUT2D eigenvalue weighted by Crippen LogP contribution is 2.19. The lowest BCUT2D eigenvalue weighted by Gasteiger charge is -2.18. The van der Waals surface area contributed by atoms with Crippen LogP contribution in [0.2, 0.25) is 0 Å². The Hall–Kier alpha value is -1.59. The highest BCUT2D eigenvalue weighted by Gasteiger charge is 2.19. The molecular weight excluding hydrogens is 841 g/mol. The smallest absolute Gasteiger partial charge is 0.306 e. The molecule has 2 atom stereocenters. The molecule has 0 saturated heterocycles. The van der Waals surface area contributed by atoms with Crippen LogP contribution in [-0.4, -0.2) is 37.2 Å². The summed E-state index contributed by atoms with van der Waals surface area (Å²) in [4.78, 5) is 38.2. The fourth-order valence-electron chi connectivity index (χ4n) is 9.55. The van der Waals surface area contributed by atoms with E-state index in [1.165, 1.54) is 238 Å². The molecule has 0 aromatic carbocycles. The number of esters is 3. The van der Waals surface area contributed by atoms with Crippen molar-refractivity contribution in [1.82, 2.24) is 0 Å². The van der Waals surface area contributed by atoms with Crippen LogP contribution in [0.1, 0.15) is 349 Å². The van der Waals surface area contributed by atoms with E-state index < -0.39 is 6.10 Å². The summed E-state index contributed by atoms with van der Waals surface area (Å²) < 4.78 is 16.9. The summed E-state index contributed by atoms with van der Waals surface area (Å²) in [6, 6.07) is 0. The first-order valence-corrected chi connectivity index (χ1v) is 30.8. The van der Waals surface area contributed by atoms with Gasteiger partial charge in [-0.25, -0.2) is 0 Å². The second kappa shape index (κ2) is 54.7. The largest absolute Gasteiger partial charge is 0.462 e. The molecule has 6 heteroatoms.